The van der Waals surface area contributed by atoms with Crippen molar-refractivity contribution in [3.05, 3.63) is 188 Å². The molecule has 6 aromatic rings. The van der Waals surface area contributed by atoms with E-state index >= 15 is 0 Å². The third-order valence-electron chi connectivity index (χ3n) is 8.11. The van der Waals surface area contributed by atoms with Crippen molar-refractivity contribution in [1.82, 2.24) is 0 Å². The van der Waals surface area contributed by atoms with Crippen molar-refractivity contribution in [2.24, 2.45) is 0 Å². The van der Waals surface area contributed by atoms with Crippen molar-refractivity contribution in [2.45, 2.75) is 0 Å². The third kappa shape index (κ3) is 5.74. The summed E-state index contributed by atoms with van der Waals surface area (Å²) in [4.78, 5) is 2.30. The summed E-state index contributed by atoms with van der Waals surface area (Å²) in [6.07, 6.45) is 8.09. The molecule has 216 valence electrons. The SMILES string of the molecule is C=C1/C=C\C=C/COc2c1cccc2-c1ccccc1-c1ccccc1-c1cccc(N(c2ccccc2)c2ccccc2)c1. The lowest BCUT2D eigenvalue weighted by Crippen LogP contribution is -2.09. The van der Waals surface area contributed by atoms with Gasteiger partial charge < -0.3 is 9.64 Å². The van der Waals surface area contributed by atoms with E-state index in [0.29, 0.717) is 6.61 Å². The summed E-state index contributed by atoms with van der Waals surface area (Å²) in [5, 5.41) is 0. The van der Waals surface area contributed by atoms with Gasteiger partial charge in [0.2, 0.25) is 0 Å². The minimum atomic E-state index is 0.493. The number of ether oxygens (including phenoxy) is 1. The Morgan fingerprint density at radius 2 is 0.978 bits per heavy atom. The van der Waals surface area contributed by atoms with E-state index in [2.05, 4.69) is 163 Å². The summed E-state index contributed by atoms with van der Waals surface area (Å²) >= 11 is 0. The molecule has 6 aromatic carbocycles. The summed E-state index contributed by atoms with van der Waals surface area (Å²) < 4.78 is 6.40. The fraction of sp³-hybridized carbons (Fsp3) is 0.0233. The highest BCUT2D eigenvalue weighted by atomic mass is 16.5. The molecule has 0 fully saturated rings. The van der Waals surface area contributed by atoms with Gasteiger partial charge in [0, 0.05) is 28.2 Å². The van der Waals surface area contributed by atoms with E-state index < -0.39 is 0 Å². The molecule has 0 bridgehead atoms. The predicted octanol–water partition coefficient (Wildman–Crippen LogP) is 11.7. The molecule has 0 radical (unpaired) electrons. The first kappa shape index (κ1) is 27.9. The Labute approximate surface area is 265 Å². The molecule has 1 aliphatic rings. The minimum absolute atomic E-state index is 0.493. The Morgan fingerprint density at radius 3 is 1.67 bits per heavy atom. The smallest absolute Gasteiger partial charge is 0.135 e. The summed E-state index contributed by atoms with van der Waals surface area (Å²) in [5.74, 6) is 0.854. The minimum Gasteiger partial charge on any atom is -0.488 e. The first-order valence-electron chi connectivity index (χ1n) is 15.3. The highest BCUT2D eigenvalue weighted by molar-refractivity contribution is 5.95. The lowest BCUT2D eigenvalue weighted by molar-refractivity contribution is 0.363. The van der Waals surface area contributed by atoms with Gasteiger partial charge in [0.1, 0.15) is 12.4 Å². The summed E-state index contributed by atoms with van der Waals surface area (Å²) in [7, 11) is 0. The zero-order valence-corrected chi connectivity index (χ0v) is 25.0. The van der Waals surface area contributed by atoms with Crippen LogP contribution in [-0.4, -0.2) is 6.61 Å². The third-order valence-corrected chi connectivity index (χ3v) is 8.11. The molecular weight excluding hydrogens is 546 g/mol. The van der Waals surface area contributed by atoms with Crippen LogP contribution < -0.4 is 9.64 Å². The lowest BCUT2D eigenvalue weighted by atomic mass is 9.88. The van der Waals surface area contributed by atoms with Crippen LogP contribution in [0.2, 0.25) is 0 Å². The standard InChI is InChI=1S/C43H33NO/c1-32-17-5-4-14-30-45-43-37(32)28-16-29-42(43)41-27-13-12-26-40(41)39-25-11-10-24-38(39)33-18-15-23-36(31-33)44(34-19-6-2-7-20-34)35-21-8-3-9-22-35/h2-29,31H,1,30H2/b14-4-,17-5-. The summed E-state index contributed by atoms with van der Waals surface area (Å²) in [6.45, 7) is 4.82. The van der Waals surface area contributed by atoms with Gasteiger partial charge in [0.25, 0.3) is 0 Å². The molecule has 0 aromatic heterocycles. The molecule has 0 spiro atoms. The van der Waals surface area contributed by atoms with Gasteiger partial charge in [-0.3, -0.25) is 0 Å². The van der Waals surface area contributed by atoms with Gasteiger partial charge in [-0.05, 0) is 75.9 Å². The largest absolute Gasteiger partial charge is 0.488 e. The van der Waals surface area contributed by atoms with Crippen LogP contribution in [0.4, 0.5) is 17.1 Å². The average molecular weight is 580 g/mol. The van der Waals surface area contributed by atoms with Crippen molar-refractivity contribution in [2.75, 3.05) is 11.5 Å². The molecule has 7 rings (SSSR count). The van der Waals surface area contributed by atoms with Crippen molar-refractivity contribution in [1.29, 1.82) is 0 Å². The second kappa shape index (κ2) is 12.8. The maximum absolute atomic E-state index is 6.40. The van der Waals surface area contributed by atoms with E-state index in [1.165, 1.54) is 5.56 Å². The maximum Gasteiger partial charge on any atom is 0.135 e. The maximum atomic E-state index is 6.40. The van der Waals surface area contributed by atoms with Crippen LogP contribution in [0.3, 0.4) is 0 Å². The number of hydrogen-bond acceptors (Lipinski definition) is 2. The van der Waals surface area contributed by atoms with E-state index in [9.17, 15) is 0 Å². The van der Waals surface area contributed by atoms with E-state index in [4.69, 9.17) is 4.74 Å². The van der Waals surface area contributed by atoms with Crippen LogP contribution in [-0.2, 0) is 0 Å². The number of nitrogens with zero attached hydrogens (tertiary/aromatic N) is 1. The molecule has 0 saturated carbocycles. The van der Waals surface area contributed by atoms with Gasteiger partial charge in [-0.25, -0.2) is 0 Å². The van der Waals surface area contributed by atoms with Crippen molar-refractivity contribution < 1.29 is 4.74 Å². The molecule has 45 heavy (non-hydrogen) atoms. The van der Waals surface area contributed by atoms with Crippen LogP contribution in [0.1, 0.15) is 5.56 Å². The van der Waals surface area contributed by atoms with Crippen LogP contribution in [0.25, 0.3) is 39.0 Å². The van der Waals surface area contributed by atoms with Gasteiger partial charge in [-0.15, -0.1) is 0 Å². The Hall–Kier alpha value is -5.86. The fourth-order valence-electron chi connectivity index (χ4n) is 6.02. The number of anilines is 3. The van der Waals surface area contributed by atoms with E-state index in [1.807, 2.05) is 24.3 Å². The van der Waals surface area contributed by atoms with Crippen molar-refractivity contribution in [3.63, 3.8) is 0 Å². The van der Waals surface area contributed by atoms with E-state index in [1.54, 1.807) is 0 Å². The van der Waals surface area contributed by atoms with Crippen molar-refractivity contribution >= 4 is 22.6 Å². The number of allylic oxidation sites excluding steroid dienone is 4. The Balaban J connectivity index is 1.36. The Kier molecular flexibility index (Phi) is 7.94. The molecule has 0 atom stereocenters. The molecule has 0 amide bonds. The second-order valence-corrected chi connectivity index (χ2v) is 11.0. The predicted molar refractivity (Wildman–Crippen MR) is 190 cm³/mol. The van der Waals surface area contributed by atoms with Crippen molar-refractivity contribution in [3.8, 4) is 39.1 Å². The van der Waals surface area contributed by atoms with Crippen LogP contribution >= 0.6 is 0 Å². The van der Waals surface area contributed by atoms with Gasteiger partial charge in [-0.1, -0.05) is 140 Å². The Morgan fingerprint density at radius 1 is 0.467 bits per heavy atom. The number of rotatable bonds is 6. The molecule has 1 heterocycles. The highest BCUT2D eigenvalue weighted by Gasteiger charge is 2.19. The number of hydrogen-bond donors (Lipinski definition) is 0. The van der Waals surface area contributed by atoms with E-state index in [-0.39, 0.29) is 0 Å². The van der Waals surface area contributed by atoms with Gasteiger partial charge >= 0.3 is 0 Å². The van der Waals surface area contributed by atoms with Gasteiger partial charge in [-0.2, -0.15) is 0 Å². The van der Waals surface area contributed by atoms with Crippen LogP contribution in [0, 0.1) is 0 Å². The van der Waals surface area contributed by atoms with Crippen LogP contribution in [0.15, 0.2) is 183 Å². The topological polar surface area (TPSA) is 12.5 Å². The fourth-order valence-corrected chi connectivity index (χ4v) is 6.02. The van der Waals surface area contributed by atoms with E-state index in [0.717, 1.165) is 61.8 Å². The second-order valence-electron chi connectivity index (χ2n) is 11.0. The number of para-hydroxylation sites is 3. The number of benzene rings is 6. The Bertz CT molecular complexity index is 1980. The summed E-state index contributed by atoms with van der Waals surface area (Å²) in [6, 6.07) is 53.5. The van der Waals surface area contributed by atoms with Crippen LogP contribution in [0.5, 0.6) is 5.75 Å². The van der Waals surface area contributed by atoms with Gasteiger partial charge in [0.05, 0.1) is 0 Å². The quantitative estimate of drug-likeness (QED) is 0.195. The molecule has 0 aliphatic carbocycles. The molecule has 2 nitrogen and oxygen atoms in total. The lowest BCUT2D eigenvalue weighted by Gasteiger charge is -2.26. The first-order valence-corrected chi connectivity index (χ1v) is 15.3. The average Bonchev–Trinajstić information content (AvgIpc) is 3.20. The normalized spacial score (nSPS) is 13.8. The zero-order valence-electron chi connectivity index (χ0n) is 25.0. The first-order chi connectivity index (χ1) is 22.3. The van der Waals surface area contributed by atoms with Gasteiger partial charge in [0.15, 0.2) is 0 Å². The number of fused-ring (bicyclic) bond motifs is 1. The highest BCUT2D eigenvalue weighted by Crippen LogP contribution is 2.44. The molecular formula is C43H33NO. The molecule has 0 saturated heterocycles. The summed E-state index contributed by atoms with van der Waals surface area (Å²) in [5.41, 5.74) is 12.1. The monoisotopic (exact) mass is 579 g/mol. The zero-order chi connectivity index (χ0) is 30.4. The molecule has 0 N–H and O–H groups in total. The molecule has 0 unspecified atom stereocenters. The molecule has 2 heteroatoms. The molecule has 1 aliphatic heterocycles.